The third-order valence-electron chi connectivity index (χ3n) is 13.6. The van der Waals surface area contributed by atoms with E-state index in [-0.39, 0.29) is 43.6 Å². The molecule has 8 atom stereocenters. The zero-order valence-corrected chi connectivity index (χ0v) is 25.9. The Kier molecular flexibility index (Phi) is 6.50. The van der Waals surface area contributed by atoms with Gasteiger partial charge in [0.2, 0.25) is 0 Å². The number of hydrogen-bond donors (Lipinski definition) is 2. The summed E-state index contributed by atoms with van der Waals surface area (Å²) in [7, 11) is 1.55. The van der Waals surface area contributed by atoms with Gasteiger partial charge in [-0.2, -0.15) is 5.10 Å². The number of hydrogen-bond acceptors (Lipinski definition) is 4. The Morgan fingerprint density at radius 3 is 2.37 bits per heavy atom. The lowest BCUT2D eigenvalue weighted by atomic mass is 9.33. The Balaban J connectivity index is 1.52. The zero-order valence-electron chi connectivity index (χ0n) is 25.1. The van der Waals surface area contributed by atoms with Crippen molar-refractivity contribution < 1.29 is 9.53 Å². The van der Waals surface area contributed by atoms with E-state index in [0.717, 1.165) is 32.1 Å². The lowest BCUT2D eigenvalue weighted by Crippen LogP contribution is -2.64. The molecule has 0 aromatic heterocycles. The number of ether oxygens (including phenoxy) is 1. The molecule has 3 unspecified atom stereocenters. The molecule has 5 rings (SSSR count). The minimum absolute atomic E-state index is 0.00778. The van der Waals surface area contributed by atoms with Gasteiger partial charge in [-0.15, -0.1) is 0 Å². The Morgan fingerprint density at radius 2 is 1.71 bits per heavy atom. The van der Waals surface area contributed by atoms with Crippen LogP contribution in [-0.4, -0.2) is 23.9 Å². The average Bonchev–Trinajstić information content (AvgIpc) is 2.84. The number of nitrogens with zero attached hydrogens (tertiary/aromatic N) is 1. The molecule has 0 aromatic carbocycles. The Morgan fingerprint density at radius 1 is 1.03 bits per heavy atom. The Hall–Kier alpha value is -1.43. The summed E-state index contributed by atoms with van der Waals surface area (Å²) in [5, 5.41) is 4.94. The van der Waals surface area contributed by atoms with Crippen molar-refractivity contribution in [2.45, 2.75) is 113 Å². The van der Waals surface area contributed by atoms with Gasteiger partial charge < -0.3 is 10.5 Å². The van der Waals surface area contributed by atoms with Gasteiger partial charge in [0, 0.05) is 11.1 Å². The van der Waals surface area contributed by atoms with E-state index < -0.39 is 0 Å². The first-order chi connectivity index (χ1) is 17.6. The van der Waals surface area contributed by atoms with Crippen molar-refractivity contribution in [2.75, 3.05) is 7.11 Å². The largest absolute Gasteiger partial charge is 0.469 e. The van der Waals surface area contributed by atoms with Crippen molar-refractivity contribution >= 4 is 29.0 Å². The fourth-order valence-electron chi connectivity index (χ4n) is 10.9. The van der Waals surface area contributed by atoms with E-state index in [2.05, 4.69) is 60.0 Å². The van der Waals surface area contributed by atoms with Gasteiger partial charge in [-0.05, 0) is 123 Å². The van der Waals surface area contributed by atoms with Gasteiger partial charge in [-0.25, -0.2) is 0 Å². The third kappa shape index (κ3) is 3.70. The molecular weight excluding hydrogens is 490 g/mol. The quantitative estimate of drug-likeness (QED) is 0.168. The molecule has 0 heterocycles. The van der Waals surface area contributed by atoms with E-state index in [4.69, 9.17) is 27.8 Å². The van der Waals surface area contributed by atoms with E-state index in [9.17, 15) is 4.79 Å². The molecule has 0 bridgehead atoms. The van der Waals surface area contributed by atoms with E-state index >= 15 is 0 Å². The predicted octanol–water partition coefficient (Wildman–Crippen LogP) is 7.15. The van der Waals surface area contributed by atoms with Crippen LogP contribution in [0.15, 0.2) is 16.8 Å². The minimum Gasteiger partial charge on any atom is -0.469 e. The fourth-order valence-corrected chi connectivity index (χ4v) is 11.0. The number of rotatable bonds is 2. The summed E-state index contributed by atoms with van der Waals surface area (Å²) < 4.78 is 5.32. The maximum absolute atomic E-state index is 12.9. The first kappa shape index (κ1) is 28.1. The average molecular weight is 542 g/mol. The number of allylic oxidation sites excluding steroid dienone is 2. The highest BCUT2D eigenvalue weighted by atomic mass is 32.1. The lowest BCUT2D eigenvalue weighted by Gasteiger charge is -2.71. The van der Waals surface area contributed by atoms with Gasteiger partial charge in [0.15, 0.2) is 5.11 Å². The van der Waals surface area contributed by atoms with Gasteiger partial charge in [-0.1, -0.05) is 53.2 Å². The molecule has 4 saturated carbocycles. The van der Waals surface area contributed by atoms with Crippen molar-refractivity contribution in [3.63, 3.8) is 0 Å². The van der Waals surface area contributed by atoms with E-state index in [1.54, 1.807) is 12.7 Å². The number of hydrazone groups is 1. The minimum atomic E-state index is -0.373. The number of nitrogens with one attached hydrogen (secondary N) is 1. The second-order valence-corrected chi connectivity index (χ2v) is 16.0. The Labute approximate surface area is 236 Å². The molecule has 0 saturated heterocycles. The number of fused-ring (bicyclic) bond motifs is 7. The van der Waals surface area contributed by atoms with Crippen LogP contribution < -0.4 is 11.2 Å². The van der Waals surface area contributed by atoms with E-state index in [0.29, 0.717) is 17.8 Å². The molecule has 38 heavy (non-hydrogen) atoms. The van der Waals surface area contributed by atoms with Crippen LogP contribution in [0.1, 0.15) is 113 Å². The first-order valence-electron chi connectivity index (χ1n) is 15.0. The van der Waals surface area contributed by atoms with Crippen LogP contribution in [0, 0.1) is 50.2 Å². The standard InChI is InChI=1S/C32H51N3O2S/c1-27(2)22-11-14-32(7)23(30(22,5)13-12-24(27)34-35-26(33)38)10-9-20-21-19-29(4,25(36)37-8)16-15-28(21,3)17-18-31(20,32)6/h9,21-23H,10-19H2,1-8H3,(H3,33,35,38)/b34-24+/t21?,22?,23?,28-,29+,30+,31-,32-/m1/s1. The summed E-state index contributed by atoms with van der Waals surface area (Å²) in [5.41, 5.74) is 12.1. The normalized spacial score (nSPS) is 48.5. The van der Waals surface area contributed by atoms with Gasteiger partial charge in [0.05, 0.1) is 12.5 Å². The second kappa shape index (κ2) is 8.78. The first-order valence-corrected chi connectivity index (χ1v) is 15.4. The summed E-state index contributed by atoms with van der Waals surface area (Å²) >= 11 is 5.04. The lowest BCUT2D eigenvalue weighted by molar-refractivity contribution is -0.170. The summed E-state index contributed by atoms with van der Waals surface area (Å²) in [6, 6.07) is 0. The van der Waals surface area contributed by atoms with Gasteiger partial charge in [0.25, 0.3) is 0 Å². The molecule has 0 aliphatic heterocycles. The Bertz CT molecular complexity index is 1100. The molecule has 0 spiro atoms. The van der Waals surface area contributed by atoms with Crippen molar-refractivity contribution in [1.82, 2.24) is 5.43 Å². The van der Waals surface area contributed by atoms with Crippen LogP contribution in [-0.2, 0) is 9.53 Å². The third-order valence-corrected chi connectivity index (χ3v) is 13.7. The van der Waals surface area contributed by atoms with Crippen LogP contribution in [0.3, 0.4) is 0 Å². The van der Waals surface area contributed by atoms with Gasteiger partial charge in [-0.3, -0.25) is 10.2 Å². The summed E-state index contributed by atoms with van der Waals surface area (Å²) in [4.78, 5) is 12.9. The SMILES string of the molecule is COC(=O)[C@@]1(C)CC[C@]2(C)CC[C@]3(C)C(=CCC4[C@@]5(C)CC/C(=N\NC(N)=S)C(C)(C)C5CC[C@]43C)C2C1. The van der Waals surface area contributed by atoms with E-state index in [1.807, 2.05) is 0 Å². The van der Waals surface area contributed by atoms with Crippen molar-refractivity contribution in [3.8, 4) is 0 Å². The molecule has 5 aliphatic carbocycles. The van der Waals surface area contributed by atoms with Crippen LogP contribution in [0.4, 0.5) is 0 Å². The molecule has 6 heteroatoms. The molecular formula is C32H51N3O2S. The summed E-state index contributed by atoms with van der Waals surface area (Å²) in [6.07, 6.45) is 14.0. The summed E-state index contributed by atoms with van der Waals surface area (Å²) in [6.45, 7) is 17.3. The highest BCUT2D eigenvalue weighted by Gasteiger charge is 2.68. The van der Waals surface area contributed by atoms with Crippen molar-refractivity contribution in [3.05, 3.63) is 11.6 Å². The topological polar surface area (TPSA) is 76.7 Å². The molecule has 212 valence electrons. The highest BCUT2D eigenvalue weighted by molar-refractivity contribution is 7.80. The van der Waals surface area contributed by atoms with Crippen LogP contribution in [0.5, 0.6) is 0 Å². The number of methoxy groups -OCH3 is 1. The van der Waals surface area contributed by atoms with Crippen LogP contribution >= 0.6 is 12.2 Å². The van der Waals surface area contributed by atoms with E-state index in [1.165, 1.54) is 37.8 Å². The van der Waals surface area contributed by atoms with Crippen LogP contribution in [0.2, 0.25) is 0 Å². The number of esters is 1. The fraction of sp³-hybridized carbons (Fsp3) is 0.844. The number of carbonyl (C=O) groups excluding carboxylic acids is 1. The number of nitrogens with two attached hydrogens (primary N) is 1. The van der Waals surface area contributed by atoms with Gasteiger partial charge >= 0.3 is 5.97 Å². The predicted molar refractivity (Wildman–Crippen MR) is 158 cm³/mol. The molecule has 4 fully saturated rings. The molecule has 0 aromatic rings. The number of thiocarbonyl (C=S) groups is 1. The highest BCUT2D eigenvalue weighted by Crippen LogP contribution is 2.75. The molecule has 3 N–H and O–H groups in total. The molecule has 5 aliphatic rings. The molecule has 0 amide bonds. The maximum Gasteiger partial charge on any atom is 0.311 e. The summed E-state index contributed by atoms with van der Waals surface area (Å²) in [5.74, 6) is 1.67. The zero-order chi connectivity index (χ0) is 27.9. The van der Waals surface area contributed by atoms with Gasteiger partial charge in [0.1, 0.15) is 0 Å². The number of carbonyl (C=O) groups is 1. The van der Waals surface area contributed by atoms with Crippen molar-refractivity contribution in [2.24, 2.45) is 61.1 Å². The van der Waals surface area contributed by atoms with Crippen LogP contribution in [0.25, 0.3) is 0 Å². The second-order valence-electron chi connectivity index (χ2n) is 15.5. The van der Waals surface area contributed by atoms with Crippen molar-refractivity contribution in [1.29, 1.82) is 0 Å². The molecule has 0 radical (unpaired) electrons. The molecule has 5 nitrogen and oxygen atoms in total. The smallest absolute Gasteiger partial charge is 0.311 e. The maximum atomic E-state index is 12.9. The monoisotopic (exact) mass is 541 g/mol.